The highest BCUT2D eigenvalue weighted by atomic mass is 79.9. The Morgan fingerprint density at radius 1 is 0.862 bits per heavy atom. The zero-order valence-corrected chi connectivity index (χ0v) is 18.5. The summed E-state index contributed by atoms with van der Waals surface area (Å²) in [6, 6.07) is 10.4. The molecule has 4 nitrogen and oxygen atoms in total. The fraction of sp³-hybridized carbons (Fsp3) is 0.364. The second kappa shape index (κ2) is 15.3. The summed E-state index contributed by atoms with van der Waals surface area (Å²) in [6.45, 7) is 6.15. The first-order valence-electron chi connectivity index (χ1n) is 8.28. The van der Waals surface area contributed by atoms with Crippen molar-refractivity contribution in [2.75, 3.05) is 13.2 Å². The number of hydrogen-bond acceptors (Lipinski definition) is 4. The molecule has 0 heterocycles. The zero-order chi connectivity index (χ0) is 20.4. The number of carbonyl (C=O) groups is 2. The van der Waals surface area contributed by atoms with E-state index in [9.17, 15) is 9.59 Å². The second-order valence-corrected chi connectivity index (χ2v) is 6.77. The molecule has 0 saturated carbocycles. The smallest absolute Gasteiger partial charge is 0.338 e. The van der Waals surface area contributed by atoms with E-state index in [0.717, 1.165) is 11.1 Å². The number of carbonyl (C=O) groups excluding carboxylic acids is 2. The Hall–Kier alpha value is -1.56. The minimum absolute atomic E-state index is 0. The second-order valence-electron chi connectivity index (χ2n) is 5.34. The van der Waals surface area contributed by atoms with Crippen LogP contribution in [0, 0.1) is 6.92 Å². The van der Waals surface area contributed by atoms with Crippen molar-refractivity contribution in [1.82, 2.24) is 0 Å². The molecule has 0 spiro atoms. The van der Waals surface area contributed by atoms with Crippen LogP contribution >= 0.6 is 39.1 Å². The molecule has 0 aliphatic rings. The van der Waals surface area contributed by atoms with E-state index in [1.807, 2.05) is 13.0 Å². The lowest BCUT2D eigenvalue weighted by Gasteiger charge is -2.06. The van der Waals surface area contributed by atoms with Crippen LogP contribution in [-0.4, -0.2) is 25.2 Å². The van der Waals surface area contributed by atoms with Crippen molar-refractivity contribution in [3.63, 3.8) is 0 Å². The summed E-state index contributed by atoms with van der Waals surface area (Å²) in [5.74, 6) is -0.646. The van der Waals surface area contributed by atoms with Gasteiger partial charge in [0.25, 0.3) is 0 Å². The van der Waals surface area contributed by atoms with E-state index in [2.05, 4.69) is 15.9 Å². The van der Waals surface area contributed by atoms with Crippen LogP contribution in [0.25, 0.3) is 0 Å². The van der Waals surface area contributed by atoms with E-state index in [1.54, 1.807) is 44.2 Å². The van der Waals surface area contributed by atoms with Crippen molar-refractivity contribution in [2.24, 2.45) is 0 Å². The van der Waals surface area contributed by atoms with Gasteiger partial charge < -0.3 is 9.47 Å². The SMILES string of the molecule is C.C.CCOC(=O)c1cc(Cl)ccc1C.CCOC(=O)c1cc(Cl)ccc1CBr. The van der Waals surface area contributed by atoms with Crippen molar-refractivity contribution < 1.29 is 19.1 Å². The van der Waals surface area contributed by atoms with Gasteiger partial charge in [0.1, 0.15) is 0 Å². The van der Waals surface area contributed by atoms with Gasteiger partial charge in [-0.2, -0.15) is 0 Å². The van der Waals surface area contributed by atoms with Gasteiger partial charge in [-0.3, -0.25) is 0 Å². The van der Waals surface area contributed by atoms with Crippen molar-refractivity contribution in [3.05, 3.63) is 68.7 Å². The summed E-state index contributed by atoms with van der Waals surface area (Å²) in [5, 5.41) is 1.70. The molecule has 0 amide bonds. The third-order valence-electron chi connectivity index (χ3n) is 3.41. The number of alkyl halides is 1. The molecule has 0 aliphatic heterocycles. The molecule has 2 aromatic carbocycles. The third kappa shape index (κ3) is 9.66. The molecule has 0 radical (unpaired) electrons. The lowest BCUT2D eigenvalue weighted by molar-refractivity contribution is 0.0515. The van der Waals surface area contributed by atoms with Crippen LogP contribution in [0.4, 0.5) is 0 Å². The van der Waals surface area contributed by atoms with Crippen LogP contribution in [0.2, 0.25) is 10.0 Å². The van der Waals surface area contributed by atoms with Crippen LogP contribution in [0.15, 0.2) is 36.4 Å². The van der Waals surface area contributed by atoms with Gasteiger partial charge in [-0.1, -0.05) is 66.1 Å². The van der Waals surface area contributed by atoms with Gasteiger partial charge in [-0.25, -0.2) is 9.59 Å². The lowest BCUT2D eigenvalue weighted by atomic mass is 10.1. The highest BCUT2D eigenvalue weighted by molar-refractivity contribution is 9.08. The molecular weight excluding hydrogens is 479 g/mol. The van der Waals surface area contributed by atoms with Crippen LogP contribution in [0.5, 0.6) is 0 Å². The number of aryl methyl sites for hydroxylation is 1. The van der Waals surface area contributed by atoms with Gasteiger partial charge in [-0.15, -0.1) is 0 Å². The Morgan fingerprint density at radius 2 is 1.31 bits per heavy atom. The normalized spacial score (nSPS) is 9.17. The minimum atomic E-state index is -0.329. The minimum Gasteiger partial charge on any atom is -0.462 e. The number of halogens is 3. The number of benzene rings is 2. The Balaban J connectivity index is 0. The van der Waals surface area contributed by atoms with Crippen LogP contribution in [0.3, 0.4) is 0 Å². The maximum absolute atomic E-state index is 11.5. The topological polar surface area (TPSA) is 52.6 Å². The van der Waals surface area contributed by atoms with E-state index in [-0.39, 0.29) is 26.8 Å². The number of ether oxygens (including phenoxy) is 2. The third-order valence-corrected chi connectivity index (χ3v) is 4.48. The maximum atomic E-state index is 11.5. The quantitative estimate of drug-likeness (QED) is 0.310. The van der Waals surface area contributed by atoms with Crippen molar-refractivity contribution >= 4 is 51.1 Å². The summed E-state index contributed by atoms with van der Waals surface area (Å²) in [6.07, 6.45) is 0. The molecule has 162 valence electrons. The van der Waals surface area contributed by atoms with Crippen molar-refractivity contribution in [2.45, 2.75) is 41.0 Å². The molecule has 2 rings (SSSR count). The summed E-state index contributed by atoms with van der Waals surface area (Å²) in [4.78, 5) is 22.8. The molecule has 0 bridgehead atoms. The Morgan fingerprint density at radius 3 is 1.79 bits per heavy atom. The van der Waals surface area contributed by atoms with E-state index < -0.39 is 0 Å². The summed E-state index contributed by atoms with van der Waals surface area (Å²) < 4.78 is 9.77. The fourth-order valence-corrected chi connectivity index (χ4v) is 2.92. The van der Waals surface area contributed by atoms with Crippen molar-refractivity contribution in [1.29, 1.82) is 0 Å². The van der Waals surface area contributed by atoms with Gasteiger partial charge in [0.05, 0.1) is 24.3 Å². The summed E-state index contributed by atoms with van der Waals surface area (Å²) >= 11 is 14.8. The van der Waals surface area contributed by atoms with Gasteiger partial charge in [0, 0.05) is 15.4 Å². The first-order valence-corrected chi connectivity index (χ1v) is 10.2. The van der Waals surface area contributed by atoms with Crippen LogP contribution in [0.1, 0.15) is 60.5 Å². The Bertz CT molecular complexity index is 794. The number of esters is 2. The predicted octanol–water partition coefficient (Wildman–Crippen LogP) is 7.51. The molecule has 0 fully saturated rings. The monoisotopic (exact) mass is 506 g/mol. The molecule has 0 N–H and O–H groups in total. The lowest BCUT2D eigenvalue weighted by Crippen LogP contribution is -2.07. The molecule has 0 atom stereocenters. The standard InChI is InChI=1S/C10H10BrClO2.C10H11ClO2.2CH4/c1-2-14-10(13)9-5-8(12)4-3-7(9)6-11;1-3-13-10(12)9-6-8(11)5-4-7(9)2;;/h3-5H,2,6H2,1H3;4-6H,3H2,1-2H3;2*1H4. The van der Waals surface area contributed by atoms with Gasteiger partial charge >= 0.3 is 11.9 Å². The highest BCUT2D eigenvalue weighted by Crippen LogP contribution is 2.19. The average Bonchev–Trinajstić information content (AvgIpc) is 2.64. The Labute approximate surface area is 192 Å². The van der Waals surface area contributed by atoms with E-state index in [4.69, 9.17) is 32.7 Å². The molecule has 7 heteroatoms. The molecular formula is C22H29BrCl2O4. The first-order chi connectivity index (χ1) is 12.8. The summed E-state index contributed by atoms with van der Waals surface area (Å²) in [7, 11) is 0. The summed E-state index contributed by atoms with van der Waals surface area (Å²) in [5.41, 5.74) is 2.82. The number of hydrogen-bond donors (Lipinski definition) is 0. The number of rotatable bonds is 5. The average molecular weight is 508 g/mol. The van der Waals surface area contributed by atoms with Gasteiger partial charge in [-0.05, 0) is 56.2 Å². The predicted molar refractivity (Wildman–Crippen MR) is 126 cm³/mol. The first kappa shape index (κ1) is 29.6. The zero-order valence-electron chi connectivity index (χ0n) is 15.4. The molecule has 0 aliphatic carbocycles. The van der Waals surface area contributed by atoms with Gasteiger partial charge in [0.2, 0.25) is 0 Å². The molecule has 0 saturated heterocycles. The van der Waals surface area contributed by atoms with Gasteiger partial charge in [0.15, 0.2) is 0 Å². The highest BCUT2D eigenvalue weighted by Gasteiger charge is 2.12. The fourth-order valence-electron chi connectivity index (χ4n) is 2.09. The molecule has 29 heavy (non-hydrogen) atoms. The van der Waals surface area contributed by atoms with E-state index >= 15 is 0 Å². The van der Waals surface area contributed by atoms with E-state index in [0.29, 0.717) is 39.7 Å². The Kier molecular flexibility index (Phi) is 15.6. The molecule has 0 aromatic heterocycles. The molecule has 2 aromatic rings. The van der Waals surface area contributed by atoms with Crippen LogP contribution < -0.4 is 0 Å². The molecule has 0 unspecified atom stereocenters. The largest absolute Gasteiger partial charge is 0.462 e. The maximum Gasteiger partial charge on any atom is 0.338 e. The van der Waals surface area contributed by atoms with Crippen LogP contribution in [-0.2, 0) is 14.8 Å². The van der Waals surface area contributed by atoms with E-state index in [1.165, 1.54) is 0 Å². The van der Waals surface area contributed by atoms with Crippen molar-refractivity contribution in [3.8, 4) is 0 Å².